The van der Waals surface area contributed by atoms with Gasteiger partial charge in [0, 0.05) is 16.1 Å². The number of allylic oxidation sites excluding steroid dienone is 1. The summed E-state index contributed by atoms with van der Waals surface area (Å²) in [7, 11) is 0. The van der Waals surface area contributed by atoms with Crippen molar-refractivity contribution in [1.82, 2.24) is 0 Å². The molecular weight excluding hydrogens is 276 g/mol. The number of carbonyl (C=O) groups is 1. The molecular formula is C16H11ClO3. The van der Waals surface area contributed by atoms with Crippen LogP contribution < -0.4 is 9.47 Å². The van der Waals surface area contributed by atoms with E-state index in [0.717, 1.165) is 5.56 Å². The third-order valence-corrected chi connectivity index (χ3v) is 3.22. The summed E-state index contributed by atoms with van der Waals surface area (Å²) in [5, 5.41) is 0.608. The Hall–Kier alpha value is -2.26. The Morgan fingerprint density at radius 2 is 1.90 bits per heavy atom. The van der Waals surface area contributed by atoms with Crippen molar-refractivity contribution in [3.8, 4) is 11.5 Å². The summed E-state index contributed by atoms with van der Waals surface area (Å²) in [4.78, 5) is 12.0. The van der Waals surface area contributed by atoms with Crippen molar-refractivity contribution in [2.24, 2.45) is 0 Å². The van der Waals surface area contributed by atoms with Crippen LogP contribution in [-0.2, 0) is 0 Å². The van der Waals surface area contributed by atoms with Crippen LogP contribution in [0.1, 0.15) is 15.9 Å². The second-order valence-corrected chi connectivity index (χ2v) is 4.72. The molecule has 0 amide bonds. The van der Waals surface area contributed by atoms with Gasteiger partial charge in [0.15, 0.2) is 17.3 Å². The molecule has 0 spiro atoms. The lowest BCUT2D eigenvalue weighted by atomic mass is 10.1. The summed E-state index contributed by atoms with van der Waals surface area (Å²) in [6.45, 7) is 0.214. The van der Waals surface area contributed by atoms with Gasteiger partial charge in [-0.25, -0.2) is 0 Å². The summed E-state index contributed by atoms with van der Waals surface area (Å²) in [6, 6.07) is 12.4. The number of fused-ring (bicyclic) bond motifs is 1. The van der Waals surface area contributed by atoms with Gasteiger partial charge in [-0.1, -0.05) is 23.7 Å². The Labute approximate surface area is 121 Å². The summed E-state index contributed by atoms with van der Waals surface area (Å²) in [5.74, 6) is 1.29. The fourth-order valence-corrected chi connectivity index (χ4v) is 2.09. The van der Waals surface area contributed by atoms with Gasteiger partial charge in [0.25, 0.3) is 0 Å². The first kappa shape index (κ1) is 12.8. The zero-order valence-electron chi connectivity index (χ0n) is 10.5. The van der Waals surface area contributed by atoms with Crippen molar-refractivity contribution in [3.63, 3.8) is 0 Å². The number of benzene rings is 2. The molecule has 20 heavy (non-hydrogen) atoms. The standard InChI is InChI=1S/C16H11ClO3/c17-13-7-4-11(5-8-13)14(18)9-6-12-2-1-3-15-16(12)20-10-19-15/h1-9H,10H2/b9-6+. The molecule has 0 aromatic heterocycles. The smallest absolute Gasteiger partial charge is 0.231 e. The van der Waals surface area contributed by atoms with Gasteiger partial charge in [0.1, 0.15) is 0 Å². The van der Waals surface area contributed by atoms with Gasteiger partial charge < -0.3 is 9.47 Å². The van der Waals surface area contributed by atoms with Crippen LogP contribution in [0.5, 0.6) is 11.5 Å². The van der Waals surface area contributed by atoms with Crippen LogP contribution in [0.4, 0.5) is 0 Å². The maximum absolute atomic E-state index is 12.0. The van der Waals surface area contributed by atoms with Gasteiger partial charge in [-0.2, -0.15) is 0 Å². The summed E-state index contributed by atoms with van der Waals surface area (Å²) < 4.78 is 10.7. The van der Waals surface area contributed by atoms with E-state index in [1.807, 2.05) is 18.2 Å². The Bertz CT molecular complexity index is 675. The highest BCUT2D eigenvalue weighted by molar-refractivity contribution is 6.30. The van der Waals surface area contributed by atoms with E-state index < -0.39 is 0 Å². The van der Waals surface area contributed by atoms with Crippen molar-refractivity contribution in [3.05, 3.63) is 64.7 Å². The second kappa shape index (κ2) is 5.39. The van der Waals surface area contributed by atoms with E-state index in [0.29, 0.717) is 22.1 Å². The van der Waals surface area contributed by atoms with Crippen LogP contribution in [0.3, 0.4) is 0 Å². The maximum Gasteiger partial charge on any atom is 0.231 e. The van der Waals surface area contributed by atoms with Crippen molar-refractivity contribution in [2.75, 3.05) is 6.79 Å². The quantitative estimate of drug-likeness (QED) is 0.633. The minimum absolute atomic E-state index is 0.0850. The van der Waals surface area contributed by atoms with Crippen LogP contribution in [0.2, 0.25) is 5.02 Å². The largest absolute Gasteiger partial charge is 0.454 e. The molecule has 0 saturated heterocycles. The van der Waals surface area contributed by atoms with E-state index in [9.17, 15) is 4.79 Å². The second-order valence-electron chi connectivity index (χ2n) is 4.29. The number of rotatable bonds is 3. The number of carbonyl (C=O) groups excluding carboxylic acids is 1. The lowest BCUT2D eigenvalue weighted by Crippen LogP contribution is -1.94. The fourth-order valence-electron chi connectivity index (χ4n) is 1.96. The van der Waals surface area contributed by atoms with Crippen LogP contribution in [-0.4, -0.2) is 12.6 Å². The lowest BCUT2D eigenvalue weighted by Gasteiger charge is -2.00. The first-order chi connectivity index (χ1) is 9.74. The van der Waals surface area contributed by atoms with Crippen molar-refractivity contribution < 1.29 is 14.3 Å². The number of halogens is 1. The van der Waals surface area contributed by atoms with Crippen LogP contribution in [0.25, 0.3) is 6.08 Å². The Morgan fingerprint density at radius 1 is 1.10 bits per heavy atom. The predicted octanol–water partition coefficient (Wildman–Crippen LogP) is 3.96. The highest BCUT2D eigenvalue weighted by atomic mass is 35.5. The number of hydrogen-bond acceptors (Lipinski definition) is 3. The highest BCUT2D eigenvalue weighted by Crippen LogP contribution is 2.35. The van der Waals surface area contributed by atoms with Crippen molar-refractivity contribution >= 4 is 23.5 Å². The predicted molar refractivity (Wildman–Crippen MR) is 77.4 cm³/mol. The molecule has 0 unspecified atom stereocenters. The molecule has 0 fully saturated rings. The zero-order valence-corrected chi connectivity index (χ0v) is 11.3. The van der Waals surface area contributed by atoms with Gasteiger partial charge in [-0.3, -0.25) is 4.79 Å². The molecule has 0 saturated carbocycles. The third-order valence-electron chi connectivity index (χ3n) is 2.97. The molecule has 1 heterocycles. The lowest BCUT2D eigenvalue weighted by molar-refractivity contribution is 0.104. The molecule has 2 aromatic carbocycles. The first-order valence-corrected chi connectivity index (χ1v) is 6.48. The number of ketones is 1. The molecule has 1 aliphatic heterocycles. The normalized spacial score (nSPS) is 12.8. The van der Waals surface area contributed by atoms with Crippen LogP contribution in [0.15, 0.2) is 48.5 Å². The number of hydrogen-bond donors (Lipinski definition) is 0. The SMILES string of the molecule is O=C(/C=C/c1cccc2c1OCO2)c1ccc(Cl)cc1. The third kappa shape index (κ3) is 2.53. The van der Waals surface area contributed by atoms with Gasteiger partial charge >= 0.3 is 0 Å². The van der Waals surface area contributed by atoms with E-state index in [1.54, 1.807) is 30.3 Å². The molecule has 0 radical (unpaired) electrons. The van der Waals surface area contributed by atoms with Crippen molar-refractivity contribution in [1.29, 1.82) is 0 Å². The van der Waals surface area contributed by atoms with E-state index in [-0.39, 0.29) is 12.6 Å². The van der Waals surface area contributed by atoms with E-state index in [4.69, 9.17) is 21.1 Å². The minimum Gasteiger partial charge on any atom is -0.454 e. The number of ether oxygens (including phenoxy) is 2. The fraction of sp³-hybridized carbons (Fsp3) is 0.0625. The van der Waals surface area contributed by atoms with E-state index in [1.165, 1.54) is 6.08 Å². The first-order valence-electron chi connectivity index (χ1n) is 6.10. The monoisotopic (exact) mass is 286 g/mol. The average molecular weight is 287 g/mol. The molecule has 3 nitrogen and oxygen atoms in total. The van der Waals surface area contributed by atoms with Gasteiger partial charge in [0.05, 0.1) is 0 Å². The topological polar surface area (TPSA) is 35.5 Å². The summed E-state index contributed by atoms with van der Waals surface area (Å²) >= 11 is 5.79. The summed E-state index contributed by atoms with van der Waals surface area (Å²) in [5.41, 5.74) is 1.41. The average Bonchev–Trinajstić information content (AvgIpc) is 2.94. The van der Waals surface area contributed by atoms with Crippen LogP contribution in [0, 0.1) is 0 Å². The summed E-state index contributed by atoms with van der Waals surface area (Å²) in [6.07, 6.45) is 3.24. The zero-order chi connectivity index (χ0) is 13.9. The molecule has 0 N–H and O–H groups in total. The van der Waals surface area contributed by atoms with Gasteiger partial charge in [-0.05, 0) is 42.5 Å². The molecule has 4 heteroatoms. The minimum atomic E-state index is -0.0850. The molecule has 3 rings (SSSR count). The van der Waals surface area contributed by atoms with Gasteiger partial charge in [0.2, 0.25) is 6.79 Å². The maximum atomic E-state index is 12.0. The van der Waals surface area contributed by atoms with E-state index in [2.05, 4.69) is 0 Å². The molecule has 2 aromatic rings. The molecule has 1 aliphatic rings. The van der Waals surface area contributed by atoms with Gasteiger partial charge in [-0.15, -0.1) is 0 Å². The molecule has 0 aliphatic carbocycles. The highest BCUT2D eigenvalue weighted by Gasteiger charge is 2.15. The Balaban J connectivity index is 1.82. The van der Waals surface area contributed by atoms with Crippen LogP contribution >= 0.6 is 11.6 Å². The number of para-hydroxylation sites is 1. The van der Waals surface area contributed by atoms with Crippen molar-refractivity contribution in [2.45, 2.75) is 0 Å². The Morgan fingerprint density at radius 3 is 2.70 bits per heavy atom. The molecule has 0 atom stereocenters. The van der Waals surface area contributed by atoms with E-state index >= 15 is 0 Å². The molecule has 0 bridgehead atoms. The Kier molecular flexibility index (Phi) is 3.44. The molecule has 100 valence electrons.